The predicted molar refractivity (Wildman–Crippen MR) is 81.3 cm³/mol. The number of fused-ring (bicyclic) bond motifs is 1. The van der Waals surface area contributed by atoms with Gasteiger partial charge in [-0.15, -0.1) is 0 Å². The van der Waals surface area contributed by atoms with Crippen molar-refractivity contribution in [1.82, 2.24) is 10.6 Å². The Hall–Kier alpha value is -2.14. The zero-order chi connectivity index (χ0) is 14.7. The van der Waals surface area contributed by atoms with Crippen LogP contribution in [0.4, 0.5) is 5.69 Å². The van der Waals surface area contributed by atoms with Crippen molar-refractivity contribution < 1.29 is 9.59 Å². The number of nitrogens with one attached hydrogen (secondary N) is 3. The highest BCUT2D eigenvalue weighted by Crippen LogP contribution is 2.23. The average molecular weight is 285 g/mol. The van der Waals surface area contributed by atoms with Crippen LogP contribution in [0.2, 0.25) is 0 Å². The van der Waals surface area contributed by atoms with E-state index in [-0.39, 0.29) is 11.8 Å². The standard InChI is InChI=1S/C16H19N3O2/c20-15-10-12-1-2-13(9-14(12)19-15)16(21)18-8-5-11-3-6-17-7-4-11/h1-3,9,17H,4-8,10H2,(H,18,21)(H,19,20). The van der Waals surface area contributed by atoms with E-state index in [2.05, 4.69) is 22.0 Å². The number of carbonyl (C=O) groups is 2. The minimum absolute atomic E-state index is 0.0135. The van der Waals surface area contributed by atoms with Crippen molar-refractivity contribution in [1.29, 1.82) is 0 Å². The van der Waals surface area contributed by atoms with Crippen LogP contribution in [0, 0.1) is 0 Å². The number of carbonyl (C=O) groups excluding carboxylic acids is 2. The molecule has 21 heavy (non-hydrogen) atoms. The monoisotopic (exact) mass is 285 g/mol. The third-order valence-corrected chi connectivity index (χ3v) is 3.89. The Kier molecular flexibility index (Phi) is 4.01. The maximum Gasteiger partial charge on any atom is 0.251 e. The van der Waals surface area contributed by atoms with Crippen molar-refractivity contribution in [3.63, 3.8) is 0 Å². The highest BCUT2D eigenvalue weighted by atomic mass is 16.2. The van der Waals surface area contributed by atoms with Crippen LogP contribution >= 0.6 is 0 Å². The Bertz CT molecular complexity index is 608. The molecule has 1 aromatic carbocycles. The topological polar surface area (TPSA) is 70.2 Å². The largest absolute Gasteiger partial charge is 0.352 e. The first-order valence-corrected chi connectivity index (χ1v) is 7.32. The van der Waals surface area contributed by atoms with E-state index in [0.717, 1.165) is 37.2 Å². The van der Waals surface area contributed by atoms with Crippen LogP contribution in [0.25, 0.3) is 0 Å². The molecule has 5 nitrogen and oxygen atoms in total. The summed E-state index contributed by atoms with van der Waals surface area (Å²) in [6.45, 7) is 2.59. The second-order valence-corrected chi connectivity index (χ2v) is 5.42. The minimum Gasteiger partial charge on any atom is -0.352 e. The summed E-state index contributed by atoms with van der Waals surface area (Å²) in [6, 6.07) is 5.37. The zero-order valence-corrected chi connectivity index (χ0v) is 11.9. The molecule has 0 unspecified atom stereocenters. The Balaban J connectivity index is 1.55. The van der Waals surface area contributed by atoms with Gasteiger partial charge in [-0.25, -0.2) is 0 Å². The molecule has 0 aliphatic carbocycles. The lowest BCUT2D eigenvalue weighted by Crippen LogP contribution is -2.26. The van der Waals surface area contributed by atoms with Gasteiger partial charge in [0, 0.05) is 24.3 Å². The molecule has 0 saturated heterocycles. The van der Waals surface area contributed by atoms with Crippen LogP contribution in [0.5, 0.6) is 0 Å². The van der Waals surface area contributed by atoms with Crippen LogP contribution in [0.3, 0.4) is 0 Å². The molecule has 3 rings (SSSR count). The van der Waals surface area contributed by atoms with Gasteiger partial charge in [-0.3, -0.25) is 9.59 Å². The van der Waals surface area contributed by atoms with E-state index < -0.39 is 0 Å². The van der Waals surface area contributed by atoms with Crippen LogP contribution in [-0.4, -0.2) is 31.4 Å². The fourth-order valence-corrected chi connectivity index (χ4v) is 2.69. The summed E-state index contributed by atoms with van der Waals surface area (Å²) in [4.78, 5) is 23.4. The lowest BCUT2D eigenvalue weighted by Gasteiger charge is -2.14. The molecule has 0 atom stereocenters. The third kappa shape index (κ3) is 3.31. The van der Waals surface area contributed by atoms with Crippen LogP contribution in [-0.2, 0) is 11.2 Å². The van der Waals surface area contributed by atoms with Crippen molar-refractivity contribution in [3.8, 4) is 0 Å². The molecule has 5 heteroatoms. The Labute approximate surface area is 123 Å². The molecule has 1 aromatic rings. The SMILES string of the molecule is O=C1Cc2ccc(C(=O)NCCC3=CCNCC3)cc2N1. The molecule has 0 saturated carbocycles. The van der Waals surface area contributed by atoms with Gasteiger partial charge in [0.15, 0.2) is 0 Å². The zero-order valence-electron chi connectivity index (χ0n) is 11.9. The highest BCUT2D eigenvalue weighted by molar-refractivity contribution is 6.02. The van der Waals surface area contributed by atoms with Crippen LogP contribution in [0.15, 0.2) is 29.8 Å². The van der Waals surface area contributed by atoms with Crippen molar-refractivity contribution in [2.45, 2.75) is 19.3 Å². The highest BCUT2D eigenvalue weighted by Gasteiger charge is 2.18. The van der Waals surface area contributed by atoms with E-state index in [1.165, 1.54) is 5.57 Å². The number of amides is 2. The van der Waals surface area contributed by atoms with Crippen LogP contribution < -0.4 is 16.0 Å². The average Bonchev–Trinajstić information content (AvgIpc) is 2.87. The van der Waals surface area contributed by atoms with Gasteiger partial charge in [-0.05, 0) is 37.1 Å². The second-order valence-electron chi connectivity index (χ2n) is 5.42. The Morgan fingerprint density at radius 1 is 1.33 bits per heavy atom. The van der Waals surface area contributed by atoms with E-state index in [4.69, 9.17) is 0 Å². The number of benzene rings is 1. The van der Waals surface area contributed by atoms with E-state index in [0.29, 0.717) is 18.5 Å². The molecule has 2 aliphatic rings. The van der Waals surface area contributed by atoms with Crippen molar-refractivity contribution in [2.75, 3.05) is 25.0 Å². The normalized spacial score (nSPS) is 17.0. The molecule has 110 valence electrons. The molecule has 0 fully saturated rings. The lowest BCUT2D eigenvalue weighted by molar-refractivity contribution is -0.115. The molecule has 0 bridgehead atoms. The summed E-state index contributed by atoms with van der Waals surface area (Å²) in [5.74, 6) is -0.103. The molecule has 0 spiro atoms. The fourth-order valence-electron chi connectivity index (χ4n) is 2.69. The first kappa shape index (κ1) is 13.8. The summed E-state index contributed by atoms with van der Waals surface area (Å²) in [5.41, 5.74) is 3.70. The summed E-state index contributed by atoms with van der Waals surface area (Å²) in [7, 11) is 0. The number of hydrogen-bond donors (Lipinski definition) is 3. The first-order chi connectivity index (χ1) is 10.2. The molecular formula is C16H19N3O2. The van der Waals surface area contributed by atoms with Gasteiger partial charge in [0.1, 0.15) is 0 Å². The summed E-state index contributed by atoms with van der Waals surface area (Å²) < 4.78 is 0. The van der Waals surface area contributed by atoms with Gasteiger partial charge in [0.2, 0.25) is 5.91 Å². The number of anilines is 1. The molecular weight excluding hydrogens is 266 g/mol. The van der Waals surface area contributed by atoms with Gasteiger partial charge in [-0.1, -0.05) is 17.7 Å². The molecule has 2 amide bonds. The quantitative estimate of drug-likeness (QED) is 0.729. The maximum absolute atomic E-state index is 12.1. The smallest absolute Gasteiger partial charge is 0.251 e. The molecule has 2 aliphatic heterocycles. The van der Waals surface area contributed by atoms with Crippen molar-refractivity contribution in [3.05, 3.63) is 41.0 Å². The second kappa shape index (κ2) is 6.10. The van der Waals surface area contributed by atoms with Crippen LogP contribution in [0.1, 0.15) is 28.8 Å². The van der Waals surface area contributed by atoms with Crippen molar-refractivity contribution in [2.24, 2.45) is 0 Å². The molecule has 3 N–H and O–H groups in total. The lowest BCUT2D eigenvalue weighted by atomic mass is 10.1. The van der Waals surface area contributed by atoms with Crippen molar-refractivity contribution >= 4 is 17.5 Å². The summed E-state index contributed by atoms with van der Waals surface area (Å²) in [6.07, 6.45) is 4.55. The third-order valence-electron chi connectivity index (χ3n) is 3.89. The van der Waals surface area contributed by atoms with E-state index in [1.807, 2.05) is 6.07 Å². The maximum atomic E-state index is 12.1. The van der Waals surface area contributed by atoms with Gasteiger partial charge >= 0.3 is 0 Å². The Morgan fingerprint density at radius 3 is 3.05 bits per heavy atom. The molecule has 0 aromatic heterocycles. The van der Waals surface area contributed by atoms with Gasteiger partial charge < -0.3 is 16.0 Å². The van der Waals surface area contributed by atoms with Gasteiger partial charge in [0.05, 0.1) is 6.42 Å². The summed E-state index contributed by atoms with van der Waals surface area (Å²) in [5, 5.41) is 8.97. The van der Waals surface area contributed by atoms with E-state index in [1.54, 1.807) is 12.1 Å². The molecule has 2 heterocycles. The van der Waals surface area contributed by atoms with E-state index in [9.17, 15) is 9.59 Å². The first-order valence-electron chi connectivity index (χ1n) is 7.32. The minimum atomic E-state index is -0.0894. The molecule has 0 radical (unpaired) electrons. The predicted octanol–water partition coefficient (Wildman–Crippen LogP) is 1.22. The van der Waals surface area contributed by atoms with Gasteiger partial charge in [0.25, 0.3) is 5.91 Å². The summed E-state index contributed by atoms with van der Waals surface area (Å²) >= 11 is 0. The number of hydrogen-bond acceptors (Lipinski definition) is 3. The van der Waals surface area contributed by atoms with Gasteiger partial charge in [-0.2, -0.15) is 0 Å². The number of rotatable bonds is 4. The Morgan fingerprint density at radius 2 is 2.24 bits per heavy atom. The van der Waals surface area contributed by atoms with E-state index >= 15 is 0 Å². The fraction of sp³-hybridized carbons (Fsp3) is 0.375.